The van der Waals surface area contributed by atoms with Crippen LogP contribution in [0.5, 0.6) is 5.75 Å². The van der Waals surface area contributed by atoms with E-state index >= 15 is 0 Å². The van der Waals surface area contributed by atoms with Gasteiger partial charge >= 0.3 is 0 Å². The summed E-state index contributed by atoms with van der Waals surface area (Å²) in [6.45, 7) is 0.502. The summed E-state index contributed by atoms with van der Waals surface area (Å²) in [7, 11) is -3.80. The maximum atomic E-state index is 13.7. The summed E-state index contributed by atoms with van der Waals surface area (Å²) >= 11 is 6.01. The van der Waals surface area contributed by atoms with Gasteiger partial charge in [0.05, 0.1) is 12.4 Å². The molecule has 2 aromatic rings. The van der Waals surface area contributed by atoms with Crippen LogP contribution in [0, 0.1) is 5.82 Å². The molecule has 1 aliphatic heterocycles. The normalized spacial score (nSPS) is 13.8. The highest BCUT2D eigenvalue weighted by molar-refractivity contribution is 7.90. The fourth-order valence-electron chi connectivity index (χ4n) is 2.43. The molecule has 1 aliphatic rings. The lowest BCUT2D eigenvalue weighted by Crippen LogP contribution is -2.08. The Bertz CT molecular complexity index is 803. The molecular formula is C15H12ClFO3S. The van der Waals surface area contributed by atoms with Crippen molar-refractivity contribution in [3.8, 4) is 5.75 Å². The Balaban J connectivity index is 2.03. The van der Waals surface area contributed by atoms with Crippen LogP contribution in [0.2, 0.25) is 5.02 Å². The first-order valence-electron chi connectivity index (χ1n) is 6.39. The summed E-state index contributed by atoms with van der Waals surface area (Å²) in [5, 5.41) is 0.456. The first-order chi connectivity index (χ1) is 9.97. The highest BCUT2D eigenvalue weighted by Crippen LogP contribution is 2.35. The maximum Gasteiger partial charge on any atom is 0.185 e. The predicted octanol–water partition coefficient (Wildman–Crippen LogP) is 3.39. The molecule has 0 N–H and O–H groups in total. The van der Waals surface area contributed by atoms with Crippen LogP contribution in [-0.2, 0) is 22.0 Å². The van der Waals surface area contributed by atoms with E-state index < -0.39 is 15.7 Å². The lowest BCUT2D eigenvalue weighted by atomic mass is 10.1. The van der Waals surface area contributed by atoms with E-state index in [1.807, 2.05) is 0 Å². The maximum absolute atomic E-state index is 13.7. The van der Waals surface area contributed by atoms with E-state index in [1.54, 1.807) is 12.1 Å². The molecule has 0 spiro atoms. The zero-order chi connectivity index (χ0) is 15.0. The van der Waals surface area contributed by atoms with Gasteiger partial charge < -0.3 is 4.74 Å². The molecule has 3 rings (SSSR count). The van der Waals surface area contributed by atoms with Crippen molar-refractivity contribution in [3.05, 3.63) is 58.4 Å². The molecule has 1 heterocycles. The van der Waals surface area contributed by atoms with Crippen LogP contribution in [-0.4, -0.2) is 15.0 Å². The number of fused-ring (bicyclic) bond motifs is 1. The van der Waals surface area contributed by atoms with Gasteiger partial charge in [0.25, 0.3) is 0 Å². The van der Waals surface area contributed by atoms with Crippen molar-refractivity contribution in [1.29, 1.82) is 0 Å². The summed E-state index contributed by atoms with van der Waals surface area (Å²) in [6.07, 6.45) is 0.697. The minimum Gasteiger partial charge on any atom is -0.493 e. The largest absolute Gasteiger partial charge is 0.493 e. The second-order valence-corrected chi connectivity index (χ2v) is 7.24. The number of halogens is 2. The van der Waals surface area contributed by atoms with Gasteiger partial charge in [-0.2, -0.15) is 0 Å². The molecule has 6 heteroatoms. The van der Waals surface area contributed by atoms with E-state index in [0.29, 0.717) is 29.4 Å². The van der Waals surface area contributed by atoms with Crippen molar-refractivity contribution < 1.29 is 17.5 Å². The fourth-order valence-corrected chi connectivity index (χ4v) is 4.13. The number of sulfone groups is 1. The quantitative estimate of drug-likeness (QED) is 0.868. The average Bonchev–Trinajstić information content (AvgIpc) is 2.86. The van der Waals surface area contributed by atoms with E-state index in [2.05, 4.69) is 0 Å². The summed E-state index contributed by atoms with van der Waals surface area (Å²) in [5.41, 5.74) is 1.36. The van der Waals surface area contributed by atoms with E-state index in [4.69, 9.17) is 16.3 Å². The first kappa shape index (κ1) is 14.4. The minimum absolute atomic E-state index is 0.309. The molecular weight excluding hydrogens is 315 g/mol. The van der Waals surface area contributed by atoms with Crippen molar-refractivity contribution >= 4 is 21.4 Å². The summed E-state index contributed by atoms with van der Waals surface area (Å²) < 4.78 is 44.0. The van der Waals surface area contributed by atoms with Crippen molar-refractivity contribution in [2.45, 2.75) is 17.1 Å². The predicted molar refractivity (Wildman–Crippen MR) is 77.9 cm³/mol. The van der Waals surface area contributed by atoms with Gasteiger partial charge in [-0.1, -0.05) is 23.7 Å². The van der Waals surface area contributed by atoms with Crippen LogP contribution in [0.4, 0.5) is 4.39 Å². The highest BCUT2D eigenvalue weighted by Gasteiger charge is 2.25. The molecule has 2 aromatic carbocycles. The first-order valence-corrected chi connectivity index (χ1v) is 8.42. The third-order valence-corrected chi connectivity index (χ3v) is 5.25. The smallest absolute Gasteiger partial charge is 0.185 e. The van der Waals surface area contributed by atoms with E-state index in [9.17, 15) is 12.8 Å². The van der Waals surface area contributed by atoms with Crippen LogP contribution < -0.4 is 4.74 Å². The van der Waals surface area contributed by atoms with Gasteiger partial charge in [0.2, 0.25) is 0 Å². The standard InChI is InChI=1S/C15H12ClFO3S/c16-12-7-10-5-6-20-15(10)11(8-12)9-21(18,19)14-4-2-1-3-13(14)17/h1-4,7-8H,5-6,9H2. The SMILES string of the molecule is O=S(=O)(Cc1cc(Cl)cc2c1OCC2)c1ccccc1F. The van der Waals surface area contributed by atoms with Crippen molar-refractivity contribution in [2.24, 2.45) is 0 Å². The van der Waals surface area contributed by atoms with Gasteiger partial charge in [0.1, 0.15) is 16.5 Å². The van der Waals surface area contributed by atoms with Crippen LogP contribution in [0.15, 0.2) is 41.3 Å². The molecule has 21 heavy (non-hydrogen) atoms. The Labute approximate surface area is 127 Å². The number of ether oxygens (including phenoxy) is 1. The van der Waals surface area contributed by atoms with Gasteiger partial charge in [-0.05, 0) is 29.8 Å². The van der Waals surface area contributed by atoms with E-state index in [-0.39, 0.29) is 10.6 Å². The van der Waals surface area contributed by atoms with Gasteiger partial charge in [-0.3, -0.25) is 0 Å². The average molecular weight is 327 g/mol. The molecule has 0 amide bonds. The van der Waals surface area contributed by atoms with Crippen LogP contribution >= 0.6 is 11.6 Å². The molecule has 0 saturated heterocycles. The van der Waals surface area contributed by atoms with Gasteiger partial charge in [0.15, 0.2) is 9.84 Å². The molecule has 0 atom stereocenters. The summed E-state index contributed by atoms with van der Waals surface area (Å²) in [5.74, 6) is -0.534. The Morgan fingerprint density at radius 3 is 2.76 bits per heavy atom. The lowest BCUT2D eigenvalue weighted by molar-refractivity contribution is 0.354. The van der Waals surface area contributed by atoms with Crippen molar-refractivity contribution in [2.75, 3.05) is 6.61 Å². The monoisotopic (exact) mass is 326 g/mol. The summed E-state index contributed by atoms with van der Waals surface area (Å²) in [6, 6.07) is 8.67. The number of rotatable bonds is 3. The molecule has 0 fully saturated rings. The van der Waals surface area contributed by atoms with Crippen LogP contribution in [0.3, 0.4) is 0 Å². The number of hydrogen-bond acceptors (Lipinski definition) is 3. The second kappa shape index (κ2) is 5.31. The Morgan fingerprint density at radius 2 is 2.00 bits per heavy atom. The molecule has 0 radical (unpaired) electrons. The third-order valence-electron chi connectivity index (χ3n) is 3.34. The number of benzene rings is 2. The Morgan fingerprint density at radius 1 is 1.24 bits per heavy atom. The highest BCUT2D eigenvalue weighted by atomic mass is 35.5. The molecule has 3 nitrogen and oxygen atoms in total. The Kier molecular flexibility index (Phi) is 3.63. The van der Waals surface area contributed by atoms with Crippen molar-refractivity contribution in [3.63, 3.8) is 0 Å². The number of hydrogen-bond donors (Lipinski definition) is 0. The second-order valence-electron chi connectivity index (χ2n) is 4.84. The topological polar surface area (TPSA) is 43.4 Å². The molecule has 0 unspecified atom stereocenters. The zero-order valence-corrected chi connectivity index (χ0v) is 12.5. The molecule has 0 aromatic heterocycles. The zero-order valence-electron chi connectivity index (χ0n) is 11.0. The van der Waals surface area contributed by atoms with Crippen molar-refractivity contribution in [1.82, 2.24) is 0 Å². The molecule has 0 bridgehead atoms. The van der Waals surface area contributed by atoms with Gasteiger partial charge in [-0.15, -0.1) is 0 Å². The van der Waals surface area contributed by atoms with Crippen LogP contribution in [0.1, 0.15) is 11.1 Å². The van der Waals surface area contributed by atoms with Gasteiger partial charge in [-0.25, -0.2) is 12.8 Å². The van der Waals surface area contributed by atoms with E-state index in [1.165, 1.54) is 18.2 Å². The summed E-state index contributed by atoms with van der Waals surface area (Å²) in [4.78, 5) is -0.309. The molecule has 0 aliphatic carbocycles. The van der Waals surface area contributed by atoms with E-state index in [0.717, 1.165) is 11.6 Å². The minimum atomic E-state index is -3.80. The fraction of sp³-hybridized carbons (Fsp3) is 0.200. The molecule has 110 valence electrons. The lowest BCUT2D eigenvalue weighted by Gasteiger charge is -2.10. The third kappa shape index (κ3) is 2.76. The van der Waals surface area contributed by atoms with Gasteiger partial charge in [0, 0.05) is 17.0 Å². The molecule has 0 saturated carbocycles. The van der Waals surface area contributed by atoms with Crippen LogP contribution in [0.25, 0.3) is 0 Å². The Hall–Kier alpha value is -1.59.